The van der Waals surface area contributed by atoms with E-state index in [0.29, 0.717) is 0 Å². The van der Waals surface area contributed by atoms with Gasteiger partial charge in [-0.1, -0.05) is 0 Å². The molecule has 198 valence electrons. The quantitative estimate of drug-likeness (QED) is 0.105. The molecule has 0 aromatic carbocycles. The molecule has 0 saturated heterocycles. The van der Waals surface area contributed by atoms with Crippen molar-refractivity contribution >= 4 is 23.9 Å². The summed E-state index contributed by atoms with van der Waals surface area (Å²) in [7, 11) is 0. The number of aliphatic hydroxyl groups is 8. The molecule has 18 nitrogen and oxygen atoms in total. The van der Waals surface area contributed by atoms with Crippen molar-refractivity contribution in [3.63, 3.8) is 0 Å². The van der Waals surface area contributed by atoms with Crippen LogP contribution in [0.5, 0.6) is 0 Å². The number of carboxylic acid groups (broad SMARTS) is 4. The van der Waals surface area contributed by atoms with Crippen LogP contribution in [-0.4, -0.2) is 125 Å². The summed E-state index contributed by atoms with van der Waals surface area (Å²) in [5, 5.41) is 109. The molecule has 0 aromatic rings. The Labute approximate surface area is 215 Å². The van der Waals surface area contributed by atoms with Crippen molar-refractivity contribution in [3.8, 4) is 0 Å². The fourth-order valence-corrected chi connectivity index (χ4v) is 1.30. The van der Waals surface area contributed by atoms with E-state index in [9.17, 15) is 39.6 Å². The van der Waals surface area contributed by atoms with Crippen LogP contribution in [-0.2, 0) is 70.4 Å². The second-order valence-electron chi connectivity index (χ2n) is 5.02. The Kier molecular flexibility index (Phi) is 34.0. The van der Waals surface area contributed by atoms with Gasteiger partial charge in [0.15, 0.2) is 0 Å². The molecule has 8 atom stereocenters. The maximum Gasteiger partial charge on any atom is 2.00 e. The fourth-order valence-electron chi connectivity index (χ4n) is 1.30. The second-order valence-corrected chi connectivity index (χ2v) is 5.02. The summed E-state index contributed by atoms with van der Waals surface area (Å²) >= 11 is 0. The van der Waals surface area contributed by atoms with E-state index < -0.39 is 72.7 Å². The Balaban J connectivity index is -0.0000000712. The molecule has 0 unspecified atom stereocenters. The van der Waals surface area contributed by atoms with E-state index in [1.165, 1.54) is 0 Å². The second kappa shape index (κ2) is 22.8. The van der Waals surface area contributed by atoms with Gasteiger partial charge in [-0.05, 0) is 0 Å². The molecule has 0 rings (SSSR count). The van der Waals surface area contributed by atoms with Crippen LogP contribution in [0.25, 0.3) is 0 Å². The molecule has 0 amide bonds. The Morgan fingerprint density at radius 2 is 0.485 bits per heavy atom. The molecule has 21 heteroatoms. The van der Waals surface area contributed by atoms with Gasteiger partial charge in [-0.15, -0.1) is 0 Å². The zero-order valence-electron chi connectivity index (χ0n) is 15.4. The van der Waals surface area contributed by atoms with Crippen LogP contribution in [0.3, 0.4) is 0 Å². The standard InChI is InChI=1S/2C6H10O8.3Fe.2H2O/c2*7-1(3(9)5(11)12)2(8)4(10)6(13)14;;;;;/h2*1-4,7-10H,(H,11,12)(H,13,14);;;;2*1H2/q;;3*+2;;/p-6/t2*1-,2-,3-,4+;;;;;/m00...../s1. The van der Waals surface area contributed by atoms with Gasteiger partial charge in [0, 0.05) is 0 Å². The first-order chi connectivity index (χ1) is 12.6. The minimum absolute atomic E-state index is 0. The maximum absolute atomic E-state index is 9.96. The van der Waals surface area contributed by atoms with Crippen LogP contribution in [0.2, 0.25) is 0 Å². The number of aliphatic hydroxyl groups excluding tert-OH is 8. The molecule has 0 radical (unpaired) electrons. The minimum atomic E-state index is -2.50. The molecule has 0 bridgehead atoms. The molecule has 0 fully saturated rings. The summed E-state index contributed by atoms with van der Waals surface area (Å²) < 4.78 is 0. The van der Waals surface area contributed by atoms with E-state index in [0.717, 1.165) is 0 Å². The van der Waals surface area contributed by atoms with E-state index >= 15 is 0 Å². The largest absolute Gasteiger partial charge is 2.00 e. The van der Waals surface area contributed by atoms with Gasteiger partial charge in [0.1, 0.15) is 48.8 Å². The van der Waals surface area contributed by atoms with E-state index in [1.54, 1.807) is 0 Å². The molecule has 0 heterocycles. The van der Waals surface area contributed by atoms with Gasteiger partial charge in [0.2, 0.25) is 0 Å². The van der Waals surface area contributed by atoms with Crippen LogP contribution in [0.1, 0.15) is 0 Å². The number of rotatable bonds is 10. The molecule has 0 aliphatic rings. The molecule has 0 aliphatic carbocycles. The van der Waals surface area contributed by atoms with Crippen LogP contribution in [0, 0.1) is 0 Å². The van der Waals surface area contributed by atoms with E-state index in [-0.39, 0.29) is 62.2 Å². The van der Waals surface area contributed by atoms with Gasteiger partial charge in [-0.3, -0.25) is 0 Å². The Morgan fingerprint density at radius 1 is 0.394 bits per heavy atom. The number of hydrogen-bond donors (Lipinski definition) is 8. The summed E-state index contributed by atoms with van der Waals surface area (Å²) in [4.78, 5) is 39.8. The summed E-state index contributed by atoms with van der Waals surface area (Å²) in [5.41, 5.74) is 0. The maximum atomic E-state index is 9.96. The molecule has 0 spiro atoms. The third-order valence-corrected chi connectivity index (χ3v) is 2.96. The van der Waals surface area contributed by atoms with Gasteiger partial charge < -0.3 is 91.4 Å². The zero-order chi connectivity index (χ0) is 22.9. The predicted octanol–water partition coefficient (Wildman–Crippen LogP) is -12.5. The Hall–Kier alpha value is -0.962. The number of aliphatic carboxylic acids is 4. The van der Waals surface area contributed by atoms with Crippen LogP contribution in [0.15, 0.2) is 0 Å². The first-order valence-corrected chi connectivity index (χ1v) is 6.85. The predicted molar refractivity (Wildman–Crippen MR) is 72.0 cm³/mol. The monoisotopic (exact) mass is 618 g/mol. The van der Waals surface area contributed by atoms with Crippen molar-refractivity contribution in [2.24, 2.45) is 0 Å². The normalized spacial score (nSPS) is 16.5. The van der Waals surface area contributed by atoms with Crippen molar-refractivity contribution in [1.29, 1.82) is 0 Å². The molecule has 0 saturated carbocycles. The molecule has 0 aromatic heterocycles. The summed E-state index contributed by atoms with van der Waals surface area (Å²) in [6, 6.07) is 0. The van der Waals surface area contributed by atoms with Gasteiger partial charge >= 0.3 is 51.2 Å². The van der Waals surface area contributed by atoms with Crippen molar-refractivity contribution in [3.05, 3.63) is 0 Å². The number of carbonyl (C=O) groups excluding carboxylic acids is 4. The molecular formula is C12H18Fe3O18. The van der Waals surface area contributed by atoms with Crippen molar-refractivity contribution in [2.75, 3.05) is 0 Å². The average Bonchev–Trinajstić information content (AvgIpc) is 2.62. The smallest absolute Gasteiger partial charge is 0.870 e. The average molecular weight is 618 g/mol. The Bertz CT molecular complexity index is 468. The number of carbonyl (C=O) groups is 4. The summed E-state index contributed by atoms with van der Waals surface area (Å²) in [5.74, 6) is -8.44. The molecule has 10 N–H and O–H groups in total. The van der Waals surface area contributed by atoms with E-state index in [1.807, 2.05) is 0 Å². The third-order valence-electron chi connectivity index (χ3n) is 2.96. The number of hydrogen-bond acceptors (Lipinski definition) is 18. The van der Waals surface area contributed by atoms with Crippen molar-refractivity contribution < 1.29 is 143 Å². The van der Waals surface area contributed by atoms with Crippen LogP contribution >= 0.6 is 0 Å². The Morgan fingerprint density at radius 3 is 0.545 bits per heavy atom. The van der Waals surface area contributed by atoms with Crippen molar-refractivity contribution in [1.82, 2.24) is 0 Å². The minimum Gasteiger partial charge on any atom is -0.870 e. The third kappa shape index (κ3) is 17.2. The van der Waals surface area contributed by atoms with Gasteiger partial charge in [0.25, 0.3) is 0 Å². The molecular weight excluding hydrogens is 600 g/mol. The first kappa shape index (κ1) is 49.2. The van der Waals surface area contributed by atoms with Gasteiger partial charge in [0.05, 0.1) is 23.9 Å². The van der Waals surface area contributed by atoms with Gasteiger partial charge in [-0.2, -0.15) is 0 Å². The topological polar surface area (TPSA) is 382 Å². The summed E-state index contributed by atoms with van der Waals surface area (Å²) in [6.45, 7) is 0. The SMILES string of the molecule is O=C([O-])[C@@H](O)[C@@H](O)[C@H](O)[C@@H](O)C(=O)[O-].O=C([O-])[C@@H](O)[C@@H](O)[C@H](O)[C@@H](O)C(=O)[O-].[Fe+2].[Fe+2].[Fe+2].[OH-].[OH-]. The molecule has 0 aliphatic heterocycles. The zero-order valence-corrected chi connectivity index (χ0v) is 18.7. The molecule has 33 heavy (non-hydrogen) atoms. The van der Waals surface area contributed by atoms with Crippen LogP contribution in [0.4, 0.5) is 0 Å². The number of carboxylic acids is 4. The van der Waals surface area contributed by atoms with Gasteiger partial charge in [-0.25, -0.2) is 0 Å². The fraction of sp³-hybridized carbons (Fsp3) is 0.667. The van der Waals surface area contributed by atoms with Crippen LogP contribution < -0.4 is 20.4 Å². The van der Waals surface area contributed by atoms with E-state index in [2.05, 4.69) is 0 Å². The van der Waals surface area contributed by atoms with Crippen molar-refractivity contribution in [2.45, 2.75) is 48.8 Å². The first-order valence-electron chi connectivity index (χ1n) is 6.85. The van der Waals surface area contributed by atoms with E-state index in [4.69, 9.17) is 40.9 Å². The summed E-state index contributed by atoms with van der Waals surface area (Å²) in [6.07, 6.45) is -19.5.